The van der Waals surface area contributed by atoms with E-state index >= 15 is 0 Å². The molecule has 4 saturated carbocycles. The fourth-order valence-electron chi connectivity index (χ4n) is 5.00. The van der Waals surface area contributed by atoms with Gasteiger partial charge in [-0.15, -0.1) is 0 Å². The van der Waals surface area contributed by atoms with Crippen LogP contribution < -0.4 is 0 Å². The van der Waals surface area contributed by atoms with Crippen LogP contribution in [-0.2, 0) is 4.74 Å². The summed E-state index contributed by atoms with van der Waals surface area (Å²) in [5.41, 5.74) is 0.587. The second-order valence-corrected chi connectivity index (χ2v) is 6.19. The lowest BCUT2D eigenvalue weighted by molar-refractivity contribution is -0.131. The SMILES string of the molecule is COCC12CC3CC(CC(C3)C1C)C2. The lowest BCUT2D eigenvalue weighted by Crippen LogP contribution is -2.53. The number of ether oxygens (including phenoxy) is 1. The highest BCUT2D eigenvalue weighted by atomic mass is 16.5. The van der Waals surface area contributed by atoms with Gasteiger partial charge in [-0.1, -0.05) is 6.92 Å². The molecule has 0 N–H and O–H groups in total. The number of methoxy groups -OCH3 is 1. The molecule has 4 aliphatic rings. The van der Waals surface area contributed by atoms with Crippen molar-refractivity contribution < 1.29 is 4.74 Å². The number of hydrogen-bond donors (Lipinski definition) is 0. The molecular formula is C13H22O. The second kappa shape index (κ2) is 2.98. The minimum atomic E-state index is 0.587. The first-order valence-corrected chi connectivity index (χ1v) is 6.22. The molecule has 80 valence electrons. The van der Waals surface area contributed by atoms with Crippen molar-refractivity contribution in [1.29, 1.82) is 0 Å². The lowest BCUT2D eigenvalue weighted by atomic mass is 9.46. The van der Waals surface area contributed by atoms with Crippen molar-refractivity contribution in [2.24, 2.45) is 29.1 Å². The maximum absolute atomic E-state index is 5.50. The van der Waals surface area contributed by atoms with Crippen molar-refractivity contribution >= 4 is 0 Å². The molecule has 3 atom stereocenters. The van der Waals surface area contributed by atoms with Crippen LogP contribution in [0.5, 0.6) is 0 Å². The van der Waals surface area contributed by atoms with Gasteiger partial charge in [0.15, 0.2) is 0 Å². The van der Waals surface area contributed by atoms with Crippen LogP contribution in [0.15, 0.2) is 0 Å². The lowest BCUT2D eigenvalue weighted by Gasteiger charge is -2.60. The van der Waals surface area contributed by atoms with Gasteiger partial charge in [-0.05, 0) is 61.2 Å². The first-order chi connectivity index (χ1) is 6.73. The molecule has 0 aromatic rings. The molecule has 4 fully saturated rings. The molecule has 4 rings (SSSR count). The van der Waals surface area contributed by atoms with Gasteiger partial charge in [0.05, 0.1) is 6.61 Å². The second-order valence-electron chi connectivity index (χ2n) is 6.19. The van der Waals surface area contributed by atoms with Gasteiger partial charge in [0, 0.05) is 7.11 Å². The van der Waals surface area contributed by atoms with Crippen molar-refractivity contribution in [3.8, 4) is 0 Å². The van der Waals surface area contributed by atoms with Gasteiger partial charge >= 0.3 is 0 Å². The van der Waals surface area contributed by atoms with Gasteiger partial charge in [-0.3, -0.25) is 0 Å². The quantitative estimate of drug-likeness (QED) is 0.656. The van der Waals surface area contributed by atoms with E-state index in [-0.39, 0.29) is 0 Å². The average Bonchev–Trinajstić information content (AvgIpc) is 2.13. The Labute approximate surface area is 87.2 Å². The Hall–Kier alpha value is -0.0400. The van der Waals surface area contributed by atoms with Crippen molar-refractivity contribution in [3.05, 3.63) is 0 Å². The molecule has 0 aromatic carbocycles. The zero-order chi connectivity index (χ0) is 9.76. The predicted octanol–water partition coefficient (Wildman–Crippen LogP) is 3.10. The van der Waals surface area contributed by atoms with E-state index in [1.54, 1.807) is 0 Å². The standard InChI is InChI=1S/C13H22O/c1-9-12-4-10-3-11(5-12)7-13(9,6-10)8-14-2/h9-12H,3-8H2,1-2H3. The minimum Gasteiger partial charge on any atom is -0.384 e. The van der Waals surface area contributed by atoms with E-state index in [1.807, 2.05) is 7.11 Å². The van der Waals surface area contributed by atoms with Crippen molar-refractivity contribution in [2.75, 3.05) is 13.7 Å². The molecule has 0 saturated heterocycles. The van der Waals surface area contributed by atoms with Gasteiger partial charge in [-0.2, -0.15) is 0 Å². The molecule has 0 radical (unpaired) electrons. The summed E-state index contributed by atoms with van der Waals surface area (Å²) in [4.78, 5) is 0. The summed E-state index contributed by atoms with van der Waals surface area (Å²) in [5, 5.41) is 0. The topological polar surface area (TPSA) is 9.23 Å². The monoisotopic (exact) mass is 194 g/mol. The zero-order valence-corrected chi connectivity index (χ0v) is 9.46. The summed E-state index contributed by atoms with van der Waals surface area (Å²) in [6, 6.07) is 0. The van der Waals surface area contributed by atoms with Crippen LogP contribution in [-0.4, -0.2) is 13.7 Å². The van der Waals surface area contributed by atoms with Gasteiger partial charge in [0.25, 0.3) is 0 Å². The summed E-state index contributed by atoms with van der Waals surface area (Å²) in [6.07, 6.45) is 7.53. The van der Waals surface area contributed by atoms with Crippen LogP contribution in [0.4, 0.5) is 0 Å². The third kappa shape index (κ3) is 1.11. The van der Waals surface area contributed by atoms with Crippen LogP contribution in [0.1, 0.15) is 39.0 Å². The van der Waals surface area contributed by atoms with E-state index in [9.17, 15) is 0 Å². The summed E-state index contributed by atoms with van der Waals surface area (Å²) in [7, 11) is 1.88. The van der Waals surface area contributed by atoms with E-state index in [4.69, 9.17) is 4.74 Å². The smallest absolute Gasteiger partial charge is 0.0521 e. The van der Waals surface area contributed by atoms with Crippen molar-refractivity contribution in [3.63, 3.8) is 0 Å². The molecule has 0 aromatic heterocycles. The highest BCUT2D eigenvalue weighted by Crippen LogP contribution is 2.62. The normalized spacial score (nSPS) is 55.3. The summed E-state index contributed by atoms with van der Waals surface area (Å²) < 4.78 is 5.50. The fourth-order valence-corrected chi connectivity index (χ4v) is 5.00. The summed E-state index contributed by atoms with van der Waals surface area (Å²) in [5.74, 6) is 4.07. The molecular weight excluding hydrogens is 172 g/mol. The van der Waals surface area contributed by atoms with Crippen LogP contribution in [0.2, 0.25) is 0 Å². The van der Waals surface area contributed by atoms with Crippen molar-refractivity contribution in [2.45, 2.75) is 39.0 Å². The Morgan fingerprint density at radius 3 is 2.36 bits per heavy atom. The predicted molar refractivity (Wildman–Crippen MR) is 57.0 cm³/mol. The first-order valence-electron chi connectivity index (χ1n) is 6.22. The molecule has 0 spiro atoms. The third-order valence-electron chi connectivity index (χ3n) is 5.43. The van der Waals surface area contributed by atoms with E-state index in [0.717, 1.165) is 30.3 Å². The van der Waals surface area contributed by atoms with E-state index in [0.29, 0.717) is 5.41 Å². The molecule has 4 aliphatic carbocycles. The number of rotatable bonds is 2. The van der Waals surface area contributed by atoms with Gasteiger partial charge in [-0.25, -0.2) is 0 Å². The molecule has 3 unspecified atom stereocenters. The Morgan fingerprint density at radius 2 is 1.79 bits per heavy atom. The van der Waals surface area contributed by atoms with E-state index in [2.05, 4.69) is 6.92 Å². The van der Waals surface area contributed by atoms with Crippen LogP contribution in [0, 0.1) is 29.1 Å². The summed E-state index contributed by atoms with van der Waals surface area (Å²) in [6.45, 7) is 3.51. The Bertz CT molecular complexity index is 221. The highest BCUT2D eigenvalue weighted by Gasteiger charge is 2.54. The molecule has 0 amide bonds. The average molecular weight is 194 g/mol. The molecule has 0 aliphatic heterocycles. The van der Waals surface area contributed by atoms with Crippen molar-refractivity contribution in [1.82, 2.24) is 0 Å². The minimum absolute atomic E-state index is 0.587. The molecule has 4 bridgehead atoms. The third-order valence-corrected chi connectivity index (χ3v) is 5.43. The van der Waals surface area contributed by atoms with Crippen LogP contribution >= 0.6 is 0 Å². The zero-order valence-electron chi connectivity index (χ0n) is 9.46. The summed E-state index contributed by atoms with van der Waals surface area (Å²) >= 11 is 0. The maximum Gasteiger partial charge on any atom is 0.0521 e. The Balaban J connectivity index is 1.89. The molecule has 14 heavy (non-hydrogen) atoms. The van der Waals surface area contributed by atoms with Crippen LogP contribution in [0.25, 0.3) is 0 Å². The number of hydrogen-bond acceptors (Lipinski definition) is 1. The van der Waals surface area contributed by atoms with Gasteiger partial charge in [0.1, 0.15) is 0 Å². The fraction of sp³-hybridized carbons (Fsp3) is 1.00. The largest absolute Gasteiger partial charge is 0.384 e. The van der Waals surface area contributed by atoms with E-state index < -0.39 is 0 Å². The molecule has 1 nitrogen and oxygen atoms in total. The highest BCUT2D eigenvalue weighted by molar-refractivity contribution is 5.04. The Morgan fingerprint density at radius 1 is 1.14 bits per heavy atom. The Kier molecular flexibility index (Phi) is 1.96. The molecule has 1 heteroatoms. The maximum atomic E-state index is 5.50. The van der Waals surface area contributed by atoms with Crippen LogP contribution in [0.3, 0.4) is 0 Å². The first kappa shape index (κ1) is 9.21. The van der Waals surface area contributed by atoms with E-state index in [1.165, 1.54) is 32.1 Å². The molecule has 0 heterocycles. The van der Waals surface area contributed by atoms with Gasteiger partial charge in [0.2, 0.25) is 0 Å². The van der Waals surface area contributed by atoms with Gasteiger partial charge < -0.3 is 4.74 Å².